The summed E-state index contributed by atoms with van der Waals surface area (Å²) >= 11 is 4.67. The molecule has 0 aliphatic rings. The molecule has 0 rings (SSSR count). The molecule has 0 aliphatic carbocycles. The molecule has 0 fully saturated rings. The third kappa shape index (κ3) is 9.72. The SMILES string of the molecule is N#CN(Cl)C(=O)O.O=CO. The smallest absolute Gasteiger partial charge is 0.436 e. The molecule has 0 heterocycles. The molecule has 0 aromatic heterocycles. The lowest BCUT2D eigenvalue weighted by Gasteiger charge is -1.90. The Balaban J connectivity index is 0. The monoisotopic (exact) mass is 166 g/mol. The number of rotatable bonds is 0. The summed E-state index contributed by atoms with van der Waals surface area (Å²) in [7, 11) is 0. The second-order valence-corrected chi connectivity index (χ2v) is 1.11. The maximum Gasteiger partial charge on any atom is 0.436 e. The van der Waals surface area contributed by atoms with Gasteiger partial charge in [0.2, 0.25) is 6.19 Å². The summed E-state index contributed by atoms with van der Waals surface area (Å²) in [5.74, 6) is 0. The fourth-order valence-corrected chi connectivity index (χ4v) is 0.0428. The first kappa shape index (κ1) is 11.3. The number of carboxylic acid groups (broad SMARTS) is 2. The Kier molecular flexibility index (Phi) is 8.52. The normalized spacial score (nSPS) is 6.00. The van der Waals surface area contributed by atoms with Crippen molar-refractivity contribution in [2.24, 2.45) is 0 Å². The quantitative estimate of drug-likeness (QED) is 0.233. The topological polar surface area (TPSA) is 102 Å². The number of hydrogen-bond acceptors (Lipinski definition) is 3. The third-order valence-corrected chi connectivity index (χ3v) is 0.476. The molecule has 0 radical (unpaired) electrons. The van der Waals surface area contributed by atoms with E-state index in [-0.39, 0.29) is 10.9 Å². The van der Waals surface area contributed by atoms with Crippen LogP contribution in [0.1, 0.15) is 0 Å². The summed E-state index contributed by atoms with van der Waals surface area (Å²) in [5.41, 5.74) is 0. The Hall–Kier alpha value is -1.48. The molecule has 7 heteroatoms. The van der Waals surface area contributed by atoms with Crippen molar-refractivity contribution in [2.75, 3.05) is 0 Å². The van der Waals surface area contributed by atoms with E-state index in [2.05, 4.69) is 11.8 Å². The van der Waals surface area contributed by atoms with Crippen molar-refractivity contribution in [3.8, 4) is 6.19 Å². The number of nitrogens with zero attached hydrogens (tertiary/aromatic N) is 2. The number of carbonyl (C=O) groups is 2. The van der Waals surface area contributed by atoms with Gasteiger partial charge in [0.1, 0.15) is 0 Å². The van der Waals surface area contributed by atoms with E-state index in [1.807, 2.05) is 0 Å². The first-order valence-corrected chi connectivity index (χ1v) is 2.10. The summed E-state index contributed by atoms with van der Waals surface area (Å²) < 4.78 is -0.0139. The van der Waals surface area contributed by atoms with Gasteiger partial charge < -0.3 is 10.2 Å². The van der Waals surface area contributed by atoms with E-state index in [4.69, 9.17) is 20.3 Å². The van der Waals surface area contributed by atoms with Gasteiger partial charge in [-0.1, -0.05) is 0 Å². The van der Waals surface area contributed by atoms with Crippen LogP contribution in [-0.2, 0) is 4.79 Å². The van der Waals surface area contributed by atoms with Crippen molar-refractivity contribution in [1.82, 2.24) is 4.42 Å². The highest BCUT2D eigenvalue weighted by Gasteiger charge is 2.03. The molecule has 56 valence electrons. The van der Waals surface area contributed by atoms with Gasteiger partial charge in [0.25, 0.3) is 6.47 Å². The summed E-state index contributed by atoms with van der Waals surface area (Å²) in [6.45, 7) is -0.250. The van der Waals surface area contributed by atoms with E-state index in [1.165, 1.54) is 0 Å². The van der Waals surface area contributed by atoms with Crippen molar-refractivity contribution >= 4 is 24.3 Å². The van der Waals surface area contributed by atoms with Crippen LogP contribution >= 0.6 is 11.8 Å². The van der Waals surface area contributed by atoms with E-state index in [0.29, 0.717) is 0 Å². The first-order chi connectivity index (χ1) is 4.59. The summed E-state index contributed by atoms with van der Waals surface area (Å²) in [6, 6.07) is 0. The van der Waals surface area contributed by atoms with Gasteiger partial charge in [0.05, 0.1) is 0 Å². The fourth-order valence-electron chi connectivity index (χ4n) is 0.0428. The van der Waals surface area contributed by atoms with Crippen molar-refractivity contribution in [3.63, 3.8) is 0 Å². The lowest BCUT2D eigenvalue weighted by Crippen LogP contribution is -2.11. The fraction of sp³-hybridized carbons (Fsp3) is 0. The van der Waals surface area contributed by atoms with Gasteiger partial charge in [-0.15, -0.1) is 4.42 Å². The second-order valence-electron chi connectivity index (χ2n) is 0.769. The maximum absolute atomic E-state index is 9.50. The molecular weight excluding hydrogens is 163 g/mol. The van der Waals surface area contributed by atoms with E-state index in [9.17, 15) is 4.79 Å². The molecule has 2 N–H and O–H groups in total. The van der Waals surface area contributed by atoms with Crippen molar-refractivity contribution in [1.29, 1.82) is 5.26 Å². The van der Waals surface area contributed by atoms with Crippen LogP contribution < -0.4 is 0 Å². The van der Waals surface area contributed by atoms with Crippen LogP contribution in [0.3, 0.4) is 0 Å². The lowest BCUT2D eigenvalue weighted by molar-refractivity contribution is -0.122. The van der Waals surface area contributed by atoms with E-state index < -0.39 is 6.09 Å². The number of halogens is 1. The molecule has 0 unspecified atom stereocenters. The Bertz CT molecular complexity index is 153. The molecule has 0 saturated carbocycles. The second kappa shape index (κ2) is 7.52. The Labute approximate surface area is 61.0 Å². The molecule has 0 aromatic rings. The minimum absolute atomic E-state index is 0.0139. The van der Waals surface area contributed by atoms with Crippen LogP contribution in [0.25, 0.3) is 0 Å². The minimum atomic E-state index is -1.47. The Morgan fingerprint density at radius 3 is 2.10 bits per heavy atom. The lowest BCUT2D eigenvalue weighted by atomic mass is 11.1. The zero-order valence-corrected chi connectivity index (χ0v) is 5.32. The summed E-state index contributed by atoms with van der Waals surface area (Å²) in [4.78, 5) is 17.9. The predicted octanol–water partition coefficient (Wildman–Crippen LogP) is 0.302. The largest absolute Gasteiger partial charge is 0.483 e. The standard InChI is InChI=1S/C2HClN2O2.CH2O2/c3-5(1-4)2(6)7;2-1-3/h(H,6,7);1H,(H,2,3). The molecule has 0 bridgehead atoms. The molecule has 0 spiro atoms. The Morgan fingerprint density at radius 2 is 2.10 bits per heavy atom. The number of hydrogen-bond donors (Lipinski definition) is 2. The predicted molar refractivity (Wildman–Crippen MR) is 30.0 cm³/mol. The Morgan fingerprint density at radius 1 is 1.80 bits per heavy atom. The van der Waals surface area contributed by atoms with Crippen LogP contribution in [0.2, 0.25) is 0 Å². The van der Waals surface area contributed by atoms with Gasteiger partial charge >= 0.3 is 6.09 Å². The van der Waals surface area contributed by atoms with Crippen LogP contribution in [-0.4, -0.2) is 27.2 Å². The van der Waals surface area contributed by atoms with Crippen molar-refractivity contribution in [3.05, 3.63) is 0 Å². The summed E-state index contributed by atoms with van der Waals surface area (Å²) in [6.07, 6.45) is -0.305. The minimum Gasteiger partial charge on any atom is -0.483 e. The van der Waals surface area contributed by atoms with E-state index in [1.54, 1.807) is 0 Å². The van der Waals surface area contributed by atoms with Gasteiger partial charge in [0.15, 0.2) is 0 Å². The molecule has 6 nitrogen and oxygen atoms in total. The van der Waals surface area contributed by atoms with Crippen LogP contribution in [0.15, 0.2) is 0 Å². The van der Waals surface area contributed by atoms with Gasteiger partial charge in [-0.05, 0) is 0 Å². The van der Waals surface area contributed by atoms with Crippen LogP contribution in [0.5, 0.6) is 0 Å². The average Bonchev–Trinajstić information content (AvgIpc) is 1.88. The van der Waals surface area contributed by atoms with Gasteiger partial charge in [-0.2, -0.15) is 5.26 Å². The molecule has 0 saturated heterocycles. The van der Waals surface area contributed by atoms with Gasteiger partial charge in [-0.3, -0.25) is 4.79 Å². The molecule has 1 amide bonds. The van der Waals surface area contributed by atoms with E-state index in [0.717, 1.165) is 6.19 Å². The molecule has 0 atom stereocenters. The van der Waals surface area contributed by atoms with Gasteiger partial charge in [-0.25, -0.2) is 4.79 Å². The van der Waals surface area contributed by atoms with Crippen LogP contribution in [0, 0.1) is 11.5 Å². The van der Waals surface area contributed by atoms with Crippen molar-refractivity contribution < 1.29 is 19.8 Å². The third-order valence-electron chi connectivity index (χ3n) is 0.256. The highest BCUT2D eigenvalue weighted by molar-refractivity contribution is 6.21. The molecular formula is C3H3ClN2O4. The van der Waals surface area contributed by atoms with Gasteiger partial charge in [0, 0.05) is 11.8 Å². The van der Waals surface area contributed by atoms with Crippen LogP contribution in [0.4, 0.5) is 4.79 Å². The maximum atomic E-state index is 9.50. The molecule has 10 heavy (non-hydrogen) atoms. The number of nitriles is 1. The molecule has 0 aromatic carbocycles. The summed E-state index contributed by atoms with van der Waals surface area (Å²) in [5, 5.41) is 22.3. The molecule has 0 aliphatic heterocycles. The average molecular weight is 167 g/mol. The zero-order chi connectivity index (χ0) is 8.57. The zero-order valence-electron chi connectivity index (χ0n) is 4.56. The van der Waals surface area contributed by atoms with Crippen molar-refractivity contribution in [2.45, 2.75) is 0 Å². The van der Waals surface area contributed by atoms with E-state index >= 15 is 0 Å². The highest BCUT2D eigenvalue weighted by atomic mass is 35.5. The highest BCUT2D eigenvalue weighted by Crippen LogP contribution is 1.87. The number of amides is 1. The first-order valence-electron chi connectivity index (χ1n) is 1.76.